The Morgan fingerprint density at radius 2 is 1.81 bits per heavy atom. The summed E-state index contributed by atoms with van der Waals surface area (Å²) in [5.41, 5.74) is -0.494. The zero-order valence-electron chi connectivity index (χ0n) is 10.1. The third-order valence-corrected chi connectivity index (χ3v) is 6.72. The molecule has 1 aromatic heterocycles. The second kappa shape index (κ2) is 5.65. The maximum atomic E-state index is 13.6. The van der Waals surface area contributed by atoms with Crippen molar-refractivity contribution in [2.75, 3.05) is 4.72 Å². The Morgan fingerprint density at radius 1 is 1.14 bits per heavy atom. The van der Waals surface area contributed by atoms with Crippen LogP contribution in [-0.2, 0) is 20.0 Å². The molecule has 0 aliphatic rings. The Morgan fingerprint density at radius 3 is 2.33 bits per heavy atom. The van der Waals surface area contributed by atoms with Gasteiger partial charge in [-0.15, -0.1) is 11.3 Å². The van der Waals surface area contributed by atoms with E-state index in [0.717, 1.165) is 29.5 Å². The SMILES string of the molecule is NS(=O)(=O)c1ccc(F)c(NS(=O)(=O)c2ccc(Br)s2)c1. The number of benzene rings is 1. The molecular weight excluding hydrogens is 407 g/mol. The summed E-state index contributed by atoms with van der Waals surface area (Å²) in [6.45, 7) is 0. The predicted octanol–water partition coefficient (Wildman–Crippen LogP) is 2.10. The molecule has 0 bridgehead atoms. The van der Waals surface area contributed by atoms with Gasteiger partial charge in [0.1, 0.15) is 10.0 Å². The molecule has 2 aromatic rings. The van der Waals surface area contributed by atoms with Crippen molar-refractivity contribution in [3.63, 3.8) is 0 Å². The highest BCUT2D eigenvalue weighted by Gasteiger charge is 2.20. The molecule has 0 fully saturated rings. The maximum Gasteiger partial charge on any atom is 0.271 e. The van der Waals surface area contributed by atoms with Crippen molar-refractivity contribution in [3.8, 4) is 0 Å². The van der Waals surface area contributed by atoms with Gasteiger partial charge in [0.05, 0.1) is 14.4 Å². The third kappa shape index (κ3) is 3.80. The highest BCUT2D eigenvalue weighted by atomic mass is 79.9. The summed E-state index contributed by atoms with van der Waals surface area (Å²) >= 11 is 4.05. The van der Waals surface area contributed by atoms with Crippen molar-refractivity contribution in [3.05, 3.63) is 39.9 Å². The molecule has 0 aliphatic heterocycles. The molecule has 11 heteroatoms. The first-order valence-corrected chi connectivity index (χ1v) is 9.84. The van der Waals surface area contributed by atoms with Crippen LogP contribution in [0, 0.1) is 5.82 Å². The quantitative estimate of drug-likeness (QED) is 0.798. The molecule has 0 atom stereocenters. The second-order valence-electron chi connectivity index (χ2n) is 3.85. The van der Waals surface area contributed by atoms with Crippen LogP contribution >= 0.6 is 27.3 Å². The maximum absolute atomic E-state index is 13.6. The Kier molecular flexibility index (Phi) is 4.40. The minimum Gasteiger partial charge on any atom is -0.276 e. The van der Waals surface area contributed by atoms with E-state index in [0.29, 0.717) is 3.79 Å². The summed E-state index contributed by atoms with van der Waals surface area (Å²) < 4.78 is 62.7. The van der Waals surface area contributed by atoms with Crippen LogP contribution in [0.4, 0.5) is 10.1 Å². The second-order valence-corrected chi connectivity index (χ2v) is 9.78. The van der Waals surface area contributed by atoms with E-state index in [1.807, 2.05) is 4.72 Å². The van der Waals surface area contributed by atoms with Gasteiger partial charge in [-0.05, 0) is 46.3 Å². The number of nitrogens with one attached hydrogen (secondary N) is 1. The van der Waals surface area contributed by atoms with Crippen molar-refractivity contribution in [2.45, 2.75) is 9.10 Å². The van der Waals surface area contributed by atoms with E-state index >= 15 is 0 Å². The summed E-state index contributed by atoms with van der Waals surface area (Å²) in [6.07, 6.45) is 0. The molecule has 3 N–H and O–H groups in total. The van der Waals surface area contributed by atoms with Gasteiger partial charge in [-0.3, -0.25) is 4.72 Å². The van der Waals surface area contributed by atoms with Crippen LogP contribution in [0.25, 0.3) is 0 Å². The molecule has 114 valence electrons. The fourth-order valence-electron chi connectivity index (χ4n) is 1.40. The number of hydrogen-bond donors (Lipinski definition) is 2. The van der Waals surface area contributed by atoms with Gasteiger partial charge in [-0.1, -0.05) is 0 Å². The predicted molar refractivity (Wildman–Crippen MR) is 80.6 cm³/mol. The molecule has 2 rings (SSSR count). The number of thiophene rings is 1. The minimum atomic E-state index is -4.06. The van der Waals surface area contributed by atoms with E-state index in [2.05, 4.69) is 15.9 Å². The smallest absolute Gasteiger partial charge is 0.271 e. The summed E-state index contributed by atoms with van der Waals surface area (Å²) in [6, 6.07) is 5.45. The molecule has 1 heterocycles. The molecule has 0 saturated heterocycles. The van der Waals surface area contributed by atoms with E-state index < -0.39 is 36.4 Å². The highest BCUT2D eigenvalue weighted by Crippen LogP contribution is 2.28. The van der Waals surface area contributed by atoms with Gasteiger partial charge in [0.15, 0.2) is 0 Å². The Hall–Kier alpha value is -1.01. The van der Waals surface area contributed by atoms with Gasteiger partial charge in [-0.25, -0.2) is 26.4 Å². The number of sulfonamides is 2. The fourth-order valence-corrected chi connectivity index (χ4v) is 5.00. The monoisotopic (exact) mass is 414 g/mol. The van der Waals surface area contributed by atoms with Crippen LogP contribution in [-0.4, -0.2) is 16.8 Å². The van der Waals surface area contributed by atoms with Crippen LogP contribution < -0.4 is 9.86 Å². The van der Waals surface area contributed by atoms with E-state index in [-0.39, 0.29) is 4.21 Å². The molecule has 6 nitrogen and oxygen atoms in total. The Labute approximate surface area is 133 Å². The van der Waals surface area contributed by atoms with E-state index in [1.54, 1.807) is 0 Å². The molecule has 21 heavy (non-hydrogen) atoms. The van der Waals surface area contributed by atoms with Crippen molar-refractivity contribution >= 4 is 53.0 Å². The molecular formula is C10H8BrFN2O4S3. The number of hydrogen-bond acceptors (Lipinski definition) is 5. The molecule has 0 radical (unpaired) electrons. The van der Waals surface area contributed by atoms with Crippen molar-refractivity contribution in [1.29, 1.82) is 0 Å². The van der Waals surface area contributed by atoms with Crippen LogP contribution in [0.2, 0.25) is 0 Å². The van der Waals surface area contributed by atoms with Crippen molar-refractivity contribution in [1.82, 2.24) is 0 Å². The number of primary sulfonamides is 1. The van der Waals surface area contributed by atoms with Crippen molar-refractivity contribution < 1.29 is 21.2 Å². The van der Waals surface area contributed by atoms with Crippen LogP contribution in [0.3, 0.4) is 0 Å². The van der Waals surface area contributed by atoms with Gasteiger partial charge in [0.25, 0.3) is 10.0 Å². The van der Waals surface area contributed by atoms with Crippen LogP contribution in [0.1, 0.15) is 0 Å². The standard InChI is InChI=1S/C10H8BrFN2O4S3/c11-9-3-4-10(19-9)21(17,18)14-8-5-6(20(13,15)16)1-2-7(8)12/h1-5,14H,(H2,13,15,16). The topological polar surface area (TPSA) is 106 Å². The Balaban J connectivity index is 2.44. The first kappa shape index (κ1) is 16.4. The molecule has 0 amide bonds. The zero-order valence-corrected chi connectivity index (χ0v) is 14.1. The number of nitrogens with two attached hydrogens (primary N) is 1. The lowest BCUT2D eigenvalue weighted by Gasteiger charge is -2.08. The number of halogens is 2. The summed E-state index contributed by atoms with van der Waals surface area (Å²) in [5.74, 6) is -0.915. The normalized spacial score (nSPS) is 12.3. The fraction of sp³-hybridized carbons (Fsp3) is 0. The average molecular weight is 415 g/mol. The average Bonchev–Trinajstić information content (AvgIpc) is 2.78. The molecule has 0 unspecified atom stereocenters. The highest BCUT2D eigenvalue weighted by molar-refractivity contribution is 9.11. The molecule has 1 aromatic carbocycles. The number of anilines is 1. The molecule has 0 aliphatic carbocycles. The summed E-state index contributed by atoms with van der Waals surface area (Å²) in [5, 5.41) is 4.92. The van der Waals surface area contributed by atoms with Gasteiger partial charge in [0, 0.05) is 0 Å². The van der Waals surface area contributed by atoms with Crippen LogP contribution in [0.15, 0.2) is 43.2 Å². The van der Waals surface area contributed by atoms with Gasteiger partial charge in [0.2, 0.25) is 10.0 Å². The third-order valence-electron chi connectivity index (χ3n) is 2.32. The zero-order chi connectivity index (χ0) is 15.8. The first-order chi connectivity index (χ1) is 9.59. The van der Waals surface area contributed by atoms with Crippen molar-refractivity contribution in [2.24, 2.45) is 5.14 Å². The van der Waals surface area contributed by atoms with Crippen LogP contribution in [0.5, 0.6) is 0 Å². The van der Waals surface area contributed by atoms with Gasteiger partial charge in [-0.2, -0.15) is 0 Å². The number of rotatable bonds is 4. The lowest BCUT2D eigenvalue weighted by atomic mass is 10.3. The largest absolute Gasteiger partial charge is 0.276 e. The first-order valence-electron chi connectivity index (χ1n) is 5.20. The Bertz CT molecular complexity index is 893. The van der Waals surface area contributed by atoms with Gasteiger partial charge >= 0.3 is 0 Å². The van der Waals surface area contributed by atoms with E-state index in [4.69, 9.17) is 5.14 Å². The summed E-state index contributed by atoms with van der Waals surface area (Å²) in [7, 11) is -8.08. The minimum absolute atomic E-state index is 0.0465. The molecule has 0 saturated carbocycles. The molecule has 0 spiro atoms. The van der Waals surface area contributed by atoms with Gasteiger partial charge < -0.3 is 0 Å². The lowest BCUT2D eigenvalue weighted by molar-refractivity contribution is 0.594. The van der Waals surface area contributed by atoms with E-state index in [9.17, 15) is 21.2 Å². The summed E-state index contributed by atoms with van der Waals surface area (Å²) in [4.78, 5) is -0.394. The lowest BCUT2D eigenvalue weighted by Crippen LogP contribution is -2.15. The van der Waals surface area contributed by atoms with E-state index in [1.165, 1.54) is 12.1 Å².